The van der Waals surface area contributed by atoms with Crippen molar-refractivity contribution in [2.24, 2.45) is 5.73 Å². The van der Waals surface area contributed by atoms with Gasteiger partial charge in [-0.05, 0) is 59.4 Å². The minimum Gasteiger partial charge on any atom is -0.508 e. The van der Waals surface area contributed by atoms with Crippen LogP contribution in [0, 0.1) is 0 Å². The first-order chi connectivity index (χ1) is 23.6. The highest BCUT2D eigenvalue weighted by Crippen LogP contribution is 2.21. The molecule has 2 aromatic heterocycles. The lowest BCUT2D eigenvalue weighted by atomic mass is 10.0. The summed E-state index contributed by atoms with van der Waals surface area (Å²) in [5, 5.41) is 29.6. The van der Waals surface area contributed by atoms with Gasteiger partial charge in [0.25, 0.3) is 0 Å². The van der Waals surface area contributed by atoms with Gasteiger partial charge in [-0.3, -0.25) is 14.4 Å². The second-order valence-corrected chi connectivity index (χ2v) is 12.9. The average Bonchev–Trinajstić information content (AvgIpc) is 3.70. The molecular formula is C36H40N6O6S. The Hall–Kier alpha value is -5.27. The first kappa shape index (κ1) is 35.0. The molecule has 5 rings (SSSR count). The molecule has 0 spiro atoms. The summed E-state index contributed by atoms with van der Waals surface area (Å²) in [6, 6.07) is 16.6. The van der Waals surface area contributed by atoms with Crippen LogP contribution in [0.4, 0.5) is 0 Å². The zero-order valence-electron chi connectivity index (χ0n) is 26.9. The zero-order chi connectivity index (χ0) is 34.9. The van der Waals surface area contributed by atoms with Gasteiger partial charge in [-0.1, -0.05) is 48.5 Å². The third kappa shape index (κ3) is 9.00. The Morgan fingerprint density at radius 2 is 1.20 bits per heavy atom. The van der Waals surface area contributed by atoms with Crippen LogP contribution in [0.5, 0.6) is 5.75 Å². The molecule has 49 heavy (non-hydrogen) atoms. The second-order valence-electron chi connectivity index (χ2n) is 11.9. The average molecular weight is 685 g/mol. The monoisotopic (exact) mass is 684 g/mol. The van der Waals surface area contributed by atoms with E-state index in [0.29, 0.717) is 17.7 Å². The summed E-state index contributed by atoms with van der Waals surface area (Å²) in [6.45, 7) is 0. The Morgan fingerprint density at radius 1 is 0.714 bits per heavy atom. The summed E-state index contributed by atoms with van der Waals surface area (Å²) in [7, 11) is 0. The summed E-state index contributed by atoms with van der Waals surface area (Å²) >= 11 is 1.56. The van der Waals surface area contributed by atoms with E-state index >= 15 is 0 Å². The van der Waals surface area contributed by atoms with Crippen LogP contribution in [0.25, 0.3) is 21.8 Å². The van der Waals surface area contributed by atoms with Gasteiger partial charge in [0.15, 0.2) is 0 Å². The molecule has 0 bridgehead atoms. The van der Waals surface area contributed by atoms with Crippen molar-refractivity contribution in [1.82, 2.24) is 25.9 Å². The number of aromatic hydroxyl groups is 1. The Bertz CT molecular complexity index is 1920. The van der Waals surface area contributed by atoms with E-state index in [4.69, 9.17) is 5.73 Å². The normalized spacial score (nSPS) is 13.8. The van der Waals surface area contributed by atoms with E-state index in [9.17, 15) is 29.4 Å². The molecule has 0 radical (unpaired) electrons. The van der Waals surface area contributed by atoms with E-state index in [1.807, 2.05) is 54.8 Å². The number of H-pyrrole nitrogens is 2. The number of amides is 3. The number of carboxylic acid groups (broad SMARTS) is 1. The molecule has 3 amide bonds. The van der Waals surface area contributed by atoms with E-state index in [1.54, 1.807) is 36.3 Å². The number of para-hydroxylation sites is 2. The van der Waals surface area contributed by atoms with Gasteiger partial charge in [0.05, 0.1) is 6.04 Å². The highest BCUT2D eigenvalue weighted by atomic mass is 32.2. The number of nitrogens with one attached hydrogen (secondary N) is 5. The highest BCUT2D eigenvalue weighted by Gasteiger charge is 2.32. The van der Waals surface area contributed by atoms with Crippen LogP contribution in [0.2, 0.25) is 0 Å². The van der Waals surface area contributed by atoms with Gasteiger partial charge in [-0.15, -0.1) is 0 Å². The number of aliphatic carboxylic acids is 1. The van der Waals surface area contributed by atoms with E-state index in [2.05, 4.69) is 25.9 Å². The van der Waals surface area contributed by atoms with Crippen LogP contribution in [-0.4, -0.2) is 80.0 Å². The molecule has 0 fully saturated rings. The van der Waals surface area contributed by atoms with Gasteiger partial charge in [0.2, 0.25) is 17.7 Å². The summed E-state index contributed by atoms with van der Waals surface area (Å²) in [5.74, 6) is -2.40. The fraction of sp³-hybridized carbons (Fsp3) is 0.278. The number of thioether (sulfide) groups is 1. The van der Waals surface area contributed by atoms with Crippen molar-refractivity contribution in [2.75, 3.05) is 12.0 Å². The molecule has 9 N–H and O–H groups in total. The number of fused-ring (bicyclic) bond motifs is 2. The SMILES string of the molecule is CSCCC(N)C(=O)NC(Cc1c[nH]c2ccccc12)C(=O)NC(Cc1c[nH]c2ccccc12)C(=O)NC(Cc1ccc(O)cc1)C(=O)O. The number of carbonyl (C=O) groups is 4. The topological polar surface area (TPSA) is 202 Å². The van der Waals surface area contributed by atoms with Gasteiger partial charge in [0, 0.05) is 53.5 Å². The smallest absolute Gasteiger partial charge is 0.326 e. The van der Waals surface area contributed by atoms with E-state index in [0.717, 1.165) is 32.9 Å². The highest BCUT2D eigenvalue weighted by molar-refractivity contribution is 7.98. The fourth-order valence-corrected chi connectivity index (χ4v) is 6.22. The molecule has 256 valence electrons. The predicted octanol–water partition coefficient (Wildman–Crippen LogP) is 3.00. The van der Waals surface area contributed by atoms with Crippen LogP contribution in [0.15, 0.2) is 85.2 Å². The molecule has 5 aromatic rings. The molecule has 2 heterocycles. The van der Waals surface area contributed by atoms with Crippen molar-refractivity contribution in [3.63, 3.8) is 0 Å². The van der Waals surface area contributed by atoms with Crippen molar-refractivity contribution in [1.29, 1.82) is 0 Å². The summed E-state index contributed by atoms with van der Waals surface area (Å²) in [6.07, 6.45) is 5.95. The quantitative estimate of drug-likeness (QED) is 0.0775. The molecule has 0 saturated heterocycles. The number of phenols is 1. The van der Waals surface area contributed by atoms with Crippen molar-refractivity contribution in [2.45, 2.75) is 49.9 Å². The molecule has 3 aromatic carbocycles. The van der Waals surface area contributed by atoms with Gasteiger partial charge in [-0.2, -0.15) is 11.8 Å². The van der Waals surface area contributed by atoms with E-state index in [-0.39, 0.29) is 25.0 Å². The maximum Gasteiger partial charge on any atom is 0.326 e. The van der Waals surface area contributed by atoms with Crippen molar-refractivity contribution in [3.05, 3.63) is 102 Å². The van der Waals surface area contributed by atoms with Crippen molar-refractivity contribution < 1.29 is 29.4 Å². The second kappa shape index (κ2) is 16.2. The molecule has 4 atom stereocenters. The predicted molar refractivity (Wildman–Crippen MR) is 190 cm³/mol. The van der Waals surface area contributed by atoms with E-state index in [1.165, 1.54) is 12.1 Å². The minimum atomic E-state index is -1.32. The number of carbonyl (C=O) groups excluding carboxylic acids is 3. The number of benzene rings is 3. The minimum absolute atomic E-state index is 0.0284. The van der Waals surface area contributed by atoms with Gasteiger partial charge in [-0.25, -0.2) is 4.79 Å². The van der Waals surface area contributed by atoms with Crippen LogP contribution in [0.1, 0.15) is 23.1 Å². The van der Waals surface area contributed by atoms with Gasteiger partial charge >= 0.3 is 5.97 Å². The summed E-state index contributed by atoms with van der Waals surface area (Å²) in [4.78, 5) is 59.9. The molecule has 0 aliphatic heterocycles. The lowest BCUT2D eigenvalue weighted by Crippen LogP contribution is -2.58. The molecule has 12 nitrogen and oxygen atoms in total. The van der Waals surface area contributed by atoms with Crippen LogP contribution >= 0.6 is 11.8 Å². The number of rotatable bonds is 16. The summed E-state index contributed by atoms with van der Waals surface area (Å²) in [5.41, 5.74) is 9.97. The largest absolute Gasteiger partial charge is 0.508 e. The number of phenolic OH excluding ortho intramolecular Hbond substituents is 1. The Morgan fingerprint density at radius 3 is 1.71 bits per heavy atom. The van der Waals surface area contributed by atoms with Crippen LogP contribution in [0.3, 0.4) is 0 Å². The molecule has 0 aliphatic carbocycles. The maximum absolute atomic E-state index is 14.1. The zero-order valence-corrected chi connectivity index (χ0v) is 27.8. The molecule has 0 saturated carbocycles. The standard InChI is InChI=1S/C36H40N6O6S/c1-49-15-14-27(37)33(44)40-30(17-22-19-38-28-8-4-2-6-25(22)28)34(45)41-31(18-23-20-39-29-9-5-3-7-26(23)29)35(46)42-32(36(47)48)16-21-10-12-24(43)13-11-21/h2-13,19-20,27,30-32,38-39,43H,14-18,37H2,1H3,(H,40,44)(H,41,45)(H,42,46)(H,47,48). The first-order valence-corrected chi connectivity index (χ1v) is 17.3. The fourth-order valence-electron chi connectivity index (χ4n) is 5.73. The first-order valence-electron chi connectivity index (χ1n) is 15.9. The van der Waals surface area contributed by atoms with Crippen molar-refractivity contribution in [3.8, 4) is 5.75 Å². The number of carboxylic acids is 1. The third-order valence-corrected chi connectivity index (χ3v) is 9.07. The lowest BCUT2D eigenvalue weighted by molar-refractivity contribution is -0.142. The van der Waals surface area contributed by atoms with E-state index < -0.39 is 47.9 Å². The Kier molecular flexibility index (Phi) is 11.6. The Balaban J connectivity index is 1.43. The summed E-state index contributed by atoms with van der Waals surface area (Å²) < 4.78 is 0. The van der Waals surface area contributed by atoms with Crippen molar-refractivity contribution >= 4 is 57.3 Å². The van der Waals surface area contributed by atoms with Gasteiger partial charge in [0.1, 0.15) is 23.9 Å². The number of nitrogens with two attached hydrogens (primary N) is 1. The van der Waals surface area contributed by atoms with Crippen LogP contribution in [-0.2, 0) is 38.4 Å². The number of aromatic amines is 2. The molecule has 4 unspecified atom stereocenters. The number of aromatic nitrogens is 2. The lowest BCUT2D eigenvalue weighted by Gasteiger charge is -2.25. The Labute approximate surface area is 287 Å². The molecule has 0 aliphatic rings. The van der Waals surface area contributed by atoms with Gasteiger partial charge < -0.3 is 41.9 Å². The van der Waals surface area contributed by atoms with Crippen LogP contribution < -0.4 is 21.7 Å². The third-order valence-electron chi connectivity index (χ3n) is 8.42. The number of hydrogen-bond acceptors (Lipinski definition) is 7. The number of hydrogen-bond donors (Lipinski definition) is 8. The molecule has 13 heteroatoms. The maximum atomic E-state index is 14.1. The molecular weight excluding hydrogens is 644 g/mol.